The van der Waals surface area contributed by atoms with Gasteiger partial charge in [0, 0.05) is 13.5 Å². The summed E-state index contributed by atoms with van der Waals surface area (Å²) < 4.78 is 0. The van der Waals surface area contributed by atoms with E-state index in [1.165, 1.54) is 6.92 Å². The quantitative estimate of drug-likeness (QED) is 0.854. The summed E-state index contributed by atoms with van der Waals surface area (Å²) in [4.78, 5) is 10.6. The lowest BCUT2D eigenvalue weighted by Crippen LogP contribution is -2.18. The van der Waals surface area contributed by atoms with Crippen LogP contribution in [0.2, 0.25) is 0 Å². The summed E-state index contributed by atoms with van der Waals surface area (Å²) in [6.07, 6.45) is 0. The SMILES string of the molecule is CC.CC.CC(=O)NCc1ccc(C#N)cc1. The second kappa shape index (κ2) is 12.3. The first kappa shape index (κ1) is 17.6. The molecule has 0 saturated heterocycles. The van der Waals surface area contributed by atoms with Crippen LogP contribution in [-0.2, 0) is 11.3 Å². The highest BCUT2D eigenvalue weighted by Gasteiger charge is 1.94. The fraction of sp³-hybridized carbons (Fsp3) is 0.429. The van der Waals surface area contributed by atoms with Gasteiger partial charge in [0.1, 0.15) is 0 Å². The van der Waals surface area contributed by atoms with Gasteiger partial charge in [-0.15, -0.1) is 0 Å². The predicted molar refractivity (Wildman–Crippen MR) is 71.4 cm³/mol. The van der Waals surface area contributed by atoms with Gasteiger partial charge in [-0.1, -0.05) is 39.8 Å². The molecule has 94 valence electrons. The first-order valence-electron chi connectivity index (χ1n) is 5.96. The lowest BCUT2D eigenvalue weighted by molar-refractivity contribution is -0.119. The molecule has 0 bridgehead atoms. The van der Waals surface area contributed by atoms with Gasteiger partial charge < -0.3 is 5.32 Å². The average molecular weight is 234 g/mol. The Hall–Kier alpha value is -1.82. The minimum Gasteiger partial charge on any atom is -0.352 e. The van der Waals surface area contributed by atoms with Crippen LogP contribution in [0.5, 0.6) is 0 Å². The van der Waals surface area contributed by atoms with Gasteiger partial charge in [0.25, 0.3) is 0 Å². The number of hydrogen-bond donors (Lipinski definition) is 1. The van der Waals surface area contributed by atoms with Crippen molar-refractivity contribution in [3.63, 3.8) is 0 Å². The minimum absolute atomic E-state index is 0.0515. The molecule has 0 radical (unpaired) electrons. The van der Waals surface area contributed by atoms with Crippen molar-refractivity contribution >= 4 is 5.91 Å². The topological polar surface area (TPSA) is 52.9 Å². The number of nitrogens with zero attached hydrogens (tertiary/aromatic N) is 1. The Bertz CT molecular complexity index is 336. The van der Waals surface area contributed by atoms with E-state index in [0.29, 0.717) is 12.1 Å². The molecule has 0 atom stereocenters. The van der Waals surface area contributed by atoms with Crippen LogP contribution >= 0.6 is 0 Å². The van der Waals surface area contributed by atoms with Crippen molar-refractivity contribution in [2.24, 2.45) is 0 Å². The fourth-order valence-electron chi connectivity index (χ4n) is 0.924. The predicted octanol–water partition coefficient (Wildman–Crippen LogP) is 3.25. The van der Waals surface area contributed by atoms with Crippen LogP contribution in [0.4, 0.5) is 0 Å². The summed E-state index contributed by atoms with van der Waals surface area (Å²) in [7, 11) is 0. The molecule has 3 nitrogen and oxygen atoms in total. The Kier molecular flexibility index (Phi) is 12.7. The standard InChI is InChI=1S/C10H10N2O.2C2H6/c1-8(13)12-7-10-4-2-9(6-11)3-5-10;2*1-2/h2-5H,7H2,1H3,(H,12,13);2*1-2H3. The molecule has 0 aliphatic rings. The number of benzene rings is 1. The maximum atomic E-state index is 10.6. The molecule has 3 heteroatoms. The van der Waals surface area contributed by atoms with Crippen LogP contribution in [0.25, 0.3) is 0 Å². The van der Waals surface area contributed by atoms with Crippen LogP contribution in [0.15, 0.2) is 24.3 Å². The normalized spacial score (nSPS) is 7.53. The molecule has 17 heavy (non-hydrogen) atoms. The van der Waals surface area contributed by atoms with Gasteiger partial charge in [0.15, 0.2) is 0 Å². The van der Waals surface area contributed by atoms with E-state index >= 15 is 0 Å². The second-order valence-corrected chi connectivity index (χ2v) is 2.72. The number of amides is 1. The summed E-state index contributed by atoms with van der Waals surface area (Å²) in [5.74, 6) is -0.0515. The smallest absolute Gasteiger partial charge is 0.217 e. The van der Waals surface area contributed by atoms with Gasteiger partial charge in [0.05, 0.1) is 11.6 Å². The van der Waals surface area contributed by atoms with Crippen molar-refractivity contribution in [2.75, 3.05) is 0 Å². The van der Waals surface area contributed by atoms with E-state index in [-0.39, 0.29) is 5.91 Å². The van der Waals surface area contributed by atoms with Gasteiger partial charge in [0.2, 0.25) is 5.91 Å². The molecule has 1 aromatic carbocycles. The Morgan fingerprint density at radius 3 is 2.00 bits per heavy atom. The monoisotopic (exact) mass is 234 g/mol. The highest BCUT2D eigenvalue weighted by Crippen LogP contribution is 2.02. The molecule has 0 spiro atoms. The Labute approximate surface area is 104 Å². The summed E-state index contributed by atoms with van der Waals surface area (Å²) in [5, 5.41) is 11.2. The van der Waals surface area contributed by atoms with E-state index in [0.717, 1.165) is 5.56 Å². The largest absolute Gasteiger partial charge is 0.352 e. The average Bonchev–Trinajstić information content (AvgIpc) is 2.41. The van der Waals surface area contributed by atoms with Crippen LogP contribution in [-0.4, -0.2) is 5.91 Å². The van der Waals surface area contributed by atoms with Crippen molar-refractivity contribution in [2.45, 2.75) is 41.2 Å². The van der Waals surface area contributed by atoms with E-state index in [1.807, 2.05) is 45.9 Å². The third kappa shape index (κ3) is 9.13. The molecular formula is C14H22N2O. The van der Waals surface area contributed by atoms with E-state index in [9.17, 15) is 4.79 Å². The highest BCUT2D eigenvalue weighted by molar-refractivity contribution is 5.72. The van der Waals surface area contributed by atoms with Crippen LogP contribution in [0, 0.1) is 11.3 Å². The van der Waals surface area contributed by atoms with Crippen molar-refractivity contribution in [3.8, 4) is 6.07 Å². The molecule has 0 aliphatic heterocycles. The van der Waals surface area contributed by atoms with Crippen LogP contribution in [0.1, 0.15) is 45.7 Å². The number of rotatable bonds is 2. The van der Waals surface area contributed by atoms with Gasteiger partial charge in [-0.2, -0.15) is 5.26 Å². The zero-order chi connectivity index (χ0) is 13.7. The first-order valence-corrected chi connectivity index (χ1v) is 5.96. The molecule has 0 aliphatic carbocycles. The van der Waals surface area contributed by atoms with Crippen molar-refractivity contribution < 1.29 is 4.79 Å². The summed E-state index contributed by atoms with van der Waals surface area (Å²) in [6.45, 7) is 9.99. The Morgan fingerprint density at radius 2 is 1.65 bits per heavy atom. The lowest BCUT2D eigenvalue weighted by Gasteiger charge is -2.01. The maximum Gasteiger partial charge on any atom is 0.217 e. The molecule has 0 saturated carbocycles. The zero-order valence-electron chi connectivity index (χ0n) is 11.4. The van der Waals surface area contributed by atoms with Crippen molar-refractivity contribution in [1.29, 1.82) is 5.26 Å². The molecule has 1 amide bonds. The number of nitriles is 1. The minimum atomic E-state index is -0.0515. The fourth-order valence-corrected chi connectivity index (χ4v) is 0.924. The summed E-state index contributed by atoms with van der Waals surface area (Å²) >= 11 is 0. The summed E-state index contributed by atoms with van der Waals surface area (Å²) in [6, 6.07) is 9.15. The van der Waals surface area contributed by atoms with Crippen LogP contribution in [0.3, 0.4) is 0 Å². The highest BCUT2D eigenvalue weighted by atomic mass is 16.1. The Morgan fingerprint density at radius 1 is 1.18 bits per heavy atom. The molecule has 0 heterocycles. The molecule has 0 aromatic heterocycles. The summed E-state index contributed by atoms with van der Waals surface area (Å²) in [5.41, 5.74) is 1.63. The van der Waals surface area contributed by atoms with Gasteiger partial charge >= 0.3 is 0 Å². The molecule has 1 N–H and O–H groups in total. The van der Waals surface area contributed by atoms with Gasteiger partial charge in [-0.3, -0.25) is 4.79 Å². The maximum absolute atomic E-state index is 10.6. The molecule has 1 rings (SSSR count). The number of carbonyl (C=O) groups is 1. The molecule has 1 aromatic rings. The Balaban J connectivity index is 0. The van der Waals surface area contributed by atoms with Crippen molar-refractivity contribution in [3.05, 3.63) is 35.4 Å². The lowest BCUT2D eigenvalue weighted by atomic mass is 10.1. The molecule has 0 fully saturated rings. The third-order valence-electron chi connectivity index (χ3n) is 1.62. The van der Waals surface area contributed by atoms with E-state index in [2.05, 4.69) is 5.32 Å². The van der Waals surface area contributed by atoms with Crippen molar-refractivity contribution in [1.82, 2.24) is 5.32 Å². The first-order chi connectivity index (χ1) is 8.22. The number of hydrogen-bond acceptors (Lipinski definition) is 2. The number of nitrogens with one attached hydrogen (secondary N) is 1. The zero-order valence-corrected chi connectivity index (χ0v) is 11.4. The second-order valence-electron chi connectivity index (χ2n) is 2.72. The van der Waals surface area contributed by atoms with E-state index in [1.54, 1.807) is 12.1 Å². The van der Waals surface area contributed by atoms with E-state index < -0.39 is 0 Å². The van der Waals surface area contributed by atoms with E-state index in [4.69, 9.17) is 5.26 Å². The molecule has 0 unspecified atom stereocenters. The van der Waals surface area contributed by atoms with Crippen LogP contribution < -0.4 is 5.32 Å². The van der Waals surface area contributed by atoms with Gasteiger partial charge in [-0.05, 0) is 17.7 Å². The third-order valence-corrected chi connectivity index (χ3v) is 1.62. The van der Waals surface area contributed by atoms with Gasteiger partial charge in [-0.25, -0.2) is 0 Å². The molecular weight excluding hydrogens is 212 g/mol. The number of carbonyl (C=O) groups excluding carboxylic acids is 1.